The second-order valence-electron chi connectivity index (χ2n) is 5.36. The van der Waals surface area contributed by atoms with Crippen molar-refractivity contribution in [3.05, 3.63) is 51.3 Å². The van der Waals surface area contributed by atoms with Crippen LogP contribution in [-0.4, -0.2) is 33.7 Å². The Hall–Kier alpha value is -2.54. The summed E-state index contributed by atoms with van der Waals surface area (Å²) in [5, 5.41) is 1.83. The minimum atomic E-state index is -0.351. The Morgan fingerprint density at radius 3 is 2.65 bits per heavy atom. The number of carbonyl (C=O) groups is 3. The molecule has 0 N–H and O–H groups in total. The Kier molecular flexibility index (Phi) is 3.96. The number of benzene rings is 1. The number of imide groups is 1. The first-order valence-electron chi connectivity index (χ1n) is 7.12. The number of rotatable bonds is 3. The number of fused-ring (bicyclic) bond motifs is 1. The van der Waals surface area contributed by atoms with E-state index >= 15 is 0 Å². The highest BCUT2D eigenvalue weighted by Gasteiger charge is 2.35. The summed E-state index contributed by atoms with van der Waals surface area (Å²) >= 11 is 1.36. The lowest BCUT2D eigenvalue weighted by atomic mass is 10.1. The lowest BCUT2D eigenvalue weighted by molar-refractivity contribution is -0.118. The van der Waals surface area contributed by atoms with Crippen LogP contribution in [-0.2, 0) is 11.8 Å². The molecule has 2 aromatic rings. The molecule has 1 aliphatic rings. The van der Waals surface area contributed by atoms with E-state index in [0.29, 0.717) is 15.9 Å². The summed E-state index contributed by atoms with van der Waals surface area (Å²) in [5.74, 6) is -1.04. The molecule has 0 radical (unpaired) electrons. The van der Waals surface area contributed by atoms with E-state index in [1.165, 1.54) is 11.3 Å². The van der Waals surface area contributed by atoms with E-state index in [1.807, 2.05) is 18.5 Å². The van der Waals surface area contributed by atoms with Crippen molar-refractivity contribution in [2.75, 3.05) is 6.54 Å². The predicted octanol–water partition coefficient (Wildman–Crippen LogP) is 1.51. The molecule has 3 rings (SSSR count). The summed E-state index contributed by atoms with van der Waals surface area (Å²) < 4.78 is 1.74. The van der Waals surface area contributed by atoms with Crippen LogP contribution in [0.3, 0.4) is 0 Å². The van der Waals surface area contributed by atoms with Crippen molar-refractivity contribution in [1.29, 1.82) is 0 Å². The number of hydrogen-bond donors (Lipinski definition) is 0. The van der Waals surface area contributed by atoms with Crippen LogP contribution in [0.1, 0.15) is 32.7 Å². The van der Waals surface area contributed by atoms with Gasteiger partial charge in [-0.3, -0.25) is 19.3 Å². The molecule has 6 nitrogen and oxygen atoms in total. The van der Waals surface area contributed by atoms with Crippen LogP contribution < -0.4 is 4.80 Å². The van der Waals surface area contributed by atoms with Gasteiger partial charge in [0.2, 0.25) is 5.91 Å². The zero-order valence-corrected chi connectivity index (χ0v) is 13.6. The quantitative estimate of drug-likeness (QED) is 0.801. The molecule has 2 heterocycles. The third-order valence-corrected chi connectivity index (χ3v) is 4.50. The standard InChI is InChI=1S/C16H15N3O3S/c1-10-3-4-11-12(9-10)15(22)19(14(11)21)6-5-13(20)17-16-18(2)7-8-23-16/h3-4,7-9H,5-6H2,1-2H3. The topological polar surface area (TPSA) is 71.7 Å². The maximum atomic E-state index is 12.3. The van der Waals surface area contributed by atoms with Gasteiger partial charge in [-0.1, -0.05) is 11.6 Å². The molecule has 0 spiro atoms. The Bertz CT molecular complexity index is 879. The zero-order chi connectivity index (χ0) is 16.6. The number of thiazole rings is 1. The molecule has 3 amide bonds. The first-order chi connectivity index (χ1) is 11.0. The first-order valence-corrected chi connectivity index (χ1v) is 8.00. The monoisotopic (exact) mass is 329 g/mol. The lowest BCUT2D eigenvalue weighted by Gasteiger charge is -2.11. The normalized spacial score (nSPS) is 14.5. The van der Waals surface area contributed by atoms with E-state index in [9.17, 15) is 14.4 Å². The van der Waals surface area contributed by atoms with Crippen LogP contribution in [0.25, 0.3) is 0 Å². The summed E-state index contributed by atoms with van der Waals surface area (Å²) in [5.41, 5.74) is 1.72. The average molecular weight is 329 g/mol. The van der Waals surface area contributed by atoms with Crippen molar-refractivity contribution in [3.63, 3.8) is 0 Å². The van der Waals surface area contributed by atoms with Crippen LogP contribution >= 0.6 is 11.3 Å². The molecule has 118 valence electrons. The Balaban J connectivity index is 1.73. The summed E-state index contributed by atoms with van der Waals surface area (Å²) in [6.45, 7) is 1.91. The number of amides is 3. The number of hydrogen-bond acceptors (Lipinski definition) is 4. The van der Waals surface area contributed by atoms with Crippen molar-refractivity contribution in [2.45, 2.75) is 13.3 Å². The van der Waals surface area contributed by atoms with E-state index in [2.05, 4.69) is 4.99 Å². The zero-order valence-electron chi connectivity index (χ0n) is 12.8. The highest BCUT2D eigenvalue weighted by molar-refractivity contribution is 7.07. The van der Waals surface area contributed by atoms with Gasteiger partial charge in [0, 0.05) is 31.6 Å². The molecule has 7 heteroatoms. The third-order valence-electron chi connectivity index (χ3n) is 3.66. The molecular weight excluding hydrogens is 314 g/mol. The fourth-order valence-corrected chi connectivity index (χ4v) is 3.16. The molecule has 1 aromatic carbocycles. The van der Waals surface area contributed by atoms with Gasteiger partial charge in [0.15, 0.2) is 4.80 Å². The molecule has 1 aliphatic heterocycles. The Labute approximate surface area is 136 Å². The summed E-state index contributed by atoms with van der Waals surface area (Å²) in [4.78, 5) is 42.2. The molecule has 0 atom stereocenters. The SMILES string of the molecule is Cc1ccc2c(c1)C(=O)N(CCC(=O)N=c1sccn1C)C2=O. The maximum Gasteiger partial charge on any atom is 0.261 e. The number of carbonyl (C=O) groups excluding carboxylic acids is 3. The largest absolute Gasteiger partial charge is 0.327 e. The molecule has 0 bridgehead atoms. The molecular formula is C16H15N3O3S. The minimum absolute atomic E-state index is 0.0162. The average Bonchev–Trinajstić information content (AvgIpc) is 3.01. The van der Waals surface area contributed by atoms with Gasteiger partial charge >= 0.3 is 0 Å². The smallest absolute Gasteiger partial charge is 0.261 e. The van der Waals surface area contributed by atoms with Crippen LogP contribution in [0.2, 0.25) is 0 Å². The van der Waals surface area contributed by atoms with Gasteiger partial charge in [0.1, 0.15) is 0 Å². The second-order valence-corrected chi connectivity index (χ2v) is 6.24. The van der Waals surface area contributed by atoms with Crippen molar-refractivity contribution in [1.82, 2.24) is 9.47 Å². The highest BCUT2D eigenvalue weighted by Crippen LogP contribution is 2.23. The lowest BCUT2D eigenvalue weighted by Crippen LogP contribution is -2.32. The van der Waals surface area contributed by atoms with Crippen molar-refractivity contribution in [3.8, 4) is 0 Å². The molecule has 0 fully saturated rings. The molecule has 0 unspecified atom stereocenters. The van der Waals surface area contributed by atoms with Gasteiger partial charge in [0.25, 0.3) is 11.8 Å². The highest BCUT2D eigenvalue weighted by atomic mass is 32.1. The number of aromatic nitrogens is 1. The van der Waals surface area contributed by atoms with Crippen LogP contribution in [0.5, 0.6) is 0 Å². The summed E-state index contributed by atoms with van der Waals surface area (Å²) in [6.07, 6.45) is 1.83. The maximum absolute atomic E-state index is 12.3. The fourth-order valence-electron chi connectivity index (χ4n) is 2.41. The van der Waals surface area contributed by atoms with E-state index in [0.717, 1.165) is 10.5 Å². The number of aryl methyl sites for hydroxylation is 2. The van der Waals surface area contributed by atoms with Gasteiger partial charge in [0.05, 0.1) is 11.1 Å². The van der Waals surface area contributed by atoms with E-state index in [1.54, 1.807) is 29.8 Å². The van der Waals surface area contributed by atoms with Crippen molar-refractivity contribution in [2.24, 2.45) is 12.0 Å². The van der Waals surface area contributed by atoms with Gasteiger partial charge in [-0.05, 0) is 19.1 Å². The van der Waals surface area contributed by atoms with Gasteiger partial charge in [-0.15, -0.1) is 11.3 Å². The van der Waals surface area contributed by atoms with Crippen LogP contribution in [0, 0.1) is 6.92 Å². The third kappa shape index (κ3) is 2.87. The fraction of sp³-hybridized carbons (Fsp3) is 0.250. The van der Waals surface area contributed by atoms with E-state index in [4.69, 9.17) is 0 Å². The van der Waals surface area contributed by atoms with E-state index < -0.39 is 0 Å². The minimum Gasteiger partial charge on any atom is -0.327 e. The van der Waals surface area contributed by atoms with Crippen molar-refractivity contribution >= 4 is 29.1 Å². The molecule has 1 aromatic heterocycles. The predicted molar refractivity (Wildman–Crippen MR) is 85.0 cm³/mol. The number of nitrogens with zero attached hydrogens (tertiary/aromatic N) is 3. The van der Waals surface area contributed by atoms with Crippen LogP contribution in [0.4, 0.5) is 0 Å². The van der Waals surface area contributed by atoms with Crippen molar-refractivity contribution < 1.29 is 14.4 Å². The molecule has 23 heavy (non-hydrogen) atoms. The summed E-state index contributed by atoms with van der Waals surface area (Å²) in [6, 6.07) is 5.15. The first kappa shape index (κ1) is 15.4. The Morgan fingerprint density at radius 1 is 1.22 bits per heavy atom. The molecule has 0 aliphatic carbocycles. The second kappa shape index (κ2) is 5.92. The van der Waals surface area contributed by atoms with Gasteiger partial charge < -0.3 is 4.57 Å². The molecule has 0 saturated carbocycles. The molecule has 0 saturated heterocycles. The van der Waals surface area contributed by atoms with E-state index in [-0.39, 0.29) is 30.7 Å². The summed E-state index contributed by atoms with van der Waals surface area (Å²) in [7, 11) is 1.80. The van der Waals surface area contributed by atoms with Gasteiger partial charge in [-0.2, -0.15) is 4.99 Å². The van der Waals surface area contributed by atoms with Gasteiger partial charge in [-0.25, -0.2) is 0 Å². The Morgan fingerprint density at radius 2 is 1.96 bits per heavy atom. The van der Waals surface area contributed by atoms with Crippen LogP contribution in [0.15, 0.2) is 34.8 Å².